The van der Waals surface area contributed by atoms with Gasteiger partial charge in [-0.3, -0.25) is 4.55 Å². The number of aliphatic hydroxyl groups is 1. The highest BCUT2D eigenvalue weighted by molar-refractivity contribution is 7.86. The van der Waals surface area contributed by atoms with Gasteiger partial charge in [0.05, 0.1) is 6.10 Å². The first kappa shape index (κ1) is 24.9. The summed E-state index contributed by atoms with van der Waals surface area (Å²) in [5, 5.41) is 8.88. The molecule has 0 aromatic carbocycles. The highest BCUT2D eigenvalue weighted by Gasteiger charge is 2.29. The summed E-state index contributed by atoms with van der Waals surface area (Å²) in [6, 6.07) is 0. The van der Waals surface area contributed by atoms with Crippen molar-refractivity contribution < 1.29 is 18.1 Å². The van der Waals surface area contributed by atoms with Crippen LogP contribution in [0.15, 0.2) is 0 Å². The average molecular weight is 379 g/mol. The summed E-state index contributed by atoms with van der Waals surface area (Å²) in [4.78, 5) is 0. The van der Waals surface area contributed by atoms with Crippen molar-refractivity contribution in [2.45, 2.75) is 128 Å². The van der Waals surface area contributed by atoms with Gasteiger partial charge in [0.25, 0.3) is 10.1 Å². The van der Waals surface area contributed by atoms with Crippen LogP contribution in [0.5, 0.6) is 0 Å². The Bertz CT molecular complexity index is 381. The van der Waals surface area contributed by atoms with Gasteiger partial charge >= 0.3 is 0 Å². The largest absolute Gasteiger partial charge is 0.392 e. The van der Waals surface area contributed by atoms with E-state index in [1.807, 2.05) is 6.92 Å². The molecule has 2 N–H and O–H groups in total. The van der Waals surface area contributed by atoms with Crippen LogP contribution < -0.4 is 0 Å². The SMILES string of the molecule is CCCCCCCCCCCCCCCC(C(O)CCC)S(=O)(=O)O. The van der Waals surface area contributed by atoms with Gasteiger partial charge in [-0.15, -0.1) is 0 Å². The normalized spacial score (nSPS) is 14.6. The maximum atomic E-state index is 11.4. The molecule has 5 heteroatoms. The standard InChI is InChI=1S/C20H42O4S/c1-3-5-6-7-8-9-10-11-12-13-14-15-16-18-20(25(22,23)24)19(21)17-4-2/h19-21H,3-18H2,1-2H3,(H,22,23,24). The average Bonchev–Trinajstić information content (AvgIpc) is 2.54. The second-order valence-electron chi connectivity index (χ2n) is 7.44. The van der Waals surface area contributed by atoms with Crippen LogP contribution in [-0.4, -0.2) is 29.4 Å². The minimum Gasteiger partial charge on any atom is -0.392 e. The van der Waals surface area contributed by atoms with E-state index in [1.165, 1.54) is 64.2 Å². The Hall–Kier alpha value is -0.130. The van der Waals surface area contributed by atoms with Crippen molar-refractivity contribution in [3.05, 3.63) is 0 Å². The second-order valence-corrected chi connectivity index (χ2v) is 9.08. The summed E-state index contributed by atoms with van der Waals surface area (Å²) in [6.07, 6.45) is 16.6. The zero-order valence-electron chi connectivity index (χ0n) is 16.6. The number of unbranched alkanes of at least 4 members (excludes halogenated alkanes) is 12. The van der Waals surface area contributed by atoms with Crippen LogP contribution in [0.3, 0.4) is 0 Å². The fourth-order valence-electron chi connectivity index (χ4n) is 3.38. The Morgan fingerprint density at radius 1 is 0.640 bits per heavy atom. The van der Waals surface area contributed by atoms with Crippen molar-refractivity contribution in [3.8, 4) is 0 Å². The molecular weight excluding hydrogens is 336 g/mol. The Morgan fingerprint density at radius 2 is 1.04 bits per heavy atom. The highest BCUT2D eigenvalue weighted by Crippen LogP contribution is 2.19. The van der Waals surface area contributed by atoms with E-state index in [9.17, 15) is 18.1 Å². The molecule has 0 rings (SSSR count). The third-order valence-electron chi connectivity index (χ3n) is 4.99. The Labute approximate surface area is 156 Å². The van der Waals surface area contributed by atoms with Crippen LogP contribution in [0, 0.1) is 0 Å². The van der Waals surface area contributed by atoms with Crippen LogP contribution in [0.25, 0.3) is 0 Å². The van der Waals surface area contributed by atoms with Gasteiger partial charge in [-0.25, -0.2) is 0 Å². The molecule has 0 saturated carbocycles. The van der Waals surface area contributed by atoms with Gasteiger partial charge in [-0.05, 0) is 12.8 Å². The van der Waals surface area contributed by atoms with E-state index < -0.39 is 21.5 Å². The molecule has 0 aromatic heterocycles. The maximum absolute atomic E-state index is 11.4. The Morgan fingerprint density at radius 3 is 1.40 bits per heavy atom. The molecule has 0 aromatic rings. The summed E-state index contributed by atoms with van der Waals surface area (Å²) < 4.78 is 32.1. The molecule has 0 radical (unpaired) electrons. The molecule has 0 saturated heterocycles. The van der Waals surface area contributed by atoms with E-state index in [-0.39, 0.29) is 0 Å². The van der Waals surface area contributed by atoms with Gasteiger partial charge in [0, 0.05) is 0 Å². The third kappa shape index (κ3) is 14.7. The van der Waals surface area contributed by atoms with Crippen molar-refractivity contribution in [1.29, 1.82) is 0 Å². The third-order valence-corrected chi connectivity index (χ3v) is 6.30. The first-order valence-corrected chi connectivity index (χ1v) is 12.1. The maximum Gasteiger partial charge on any atom is 0.270 e. The van der Waals surface area contributed by atoms with Gasteiger partial charge < -0.3 is 5.11 Å². The fraction of sp³-hybridized carbons (Fsp3) is 1.00. The lowest BCUT2D eigenvalue weighted by molar-refractivity contribution is 0.149. The lowest BCUT2D eigenvalue weighted by atomic mass is 10.0. The van der Waals surface area contributed by atoms with Gasteiger partial charge in [-0.1, -0.05) is 104 Å². The number of hydrogen-bond donors (Lipinski definition) is 2. The van der Waals surface area contributed by atoms with Gasteiger partial charge in [-0.2, -0.15) is 8.42 Å². The lowest BCUT2D eigenvalue weighted by Gasteiger charge is -2.19. The minimum absolute atomic E-state index is 0.359. The molecule has 0 bridgehead atoms. The number of rotatable bonds is 18. The monoisotopic (exact) mass is 378 g/mol. The summed E-state index contributed by atoms with van der Waals surface area (Å²) in [6.45, 7) is 4.14. The predicted molar refractivity (Wildman–Crippen MR) is 107 cm³/mol. The first-order chi connectivity index (χ1) is 11.9. The first-order valence-electron chi connectivity index (χ1n) is 10.6. The topological polar surface area (TPSA) is 74.6 Å². The second kappa shape index (κ2) is 16.1. The van der Waals surface area contributed by atoms with Gasteiger partial charge in [0.15, 0.2) is 0 Å². The molecule has 0 amide bonds. The van der Waals surface area contributed by atoms with Crippen LogP contribution >= 0.6 is 0 Å². The molecule has 0 fully saturated rings. The van der Waals surface area contributed by atoms with E-state index in [4.69, 9.17) is 0 Å². The van der Waals surface area contributed by atoms with E-state index >= 15 is 0 Å². The van der Waals surface area contributed by atoms with Crippen LogP contribution in [0.2, 0.25) is 0 Å². The highest BCUT2D eigenvalue weighted by atomic mass is 32.2. The van der Waals surface area contributed by atoms with Gasteiger partial charge in [0.1, 0.15) is 5.25 Å². The summed E-state index contributed by atoms with van der Waals surface area (Å²) in [5.74, 6) is 0. The van der Waals surface area contributed by atoms with Crippen molar-refractivity contribution in [2.24, 2.45) is 0 Å². The molecule has 152 valence electrons. The van der Waals surface area contributed by atoms with Crippen molar-refractivity contribution >= 4 is 10.1 Å². The van der Waals surface area contributed by atoms with Crippen LogP contribution in [0.1, 0.15) is 117 Å². The molecule has 0 heterocycles. The van der Waals surface area contributed by atoms with Crippen LogP contribution in [-0.2, 0) is 10.1 Å². The van der Waals surface area contributed by atoms with Gasteiger partial charge in [0.2, 0.25) is 0 Å². The van der Waals surface area contributed by atoms with Crippen molar-refractivity contribution in [3.63, 3.8) is 0 Å². The van der Waals surface area contributed by atoms with Crippen LogP contribution in [0.4, 0.5) is 0 Å². The smallest absolute Gasteiger partial charge is 0.270 e. The Kier molecular flexibility index (Phi) is 16.0. The summed E-state index contributed by atoms with van der Waals surface area (Å²) in [7, 11) is -4.15. The molecule has 0 spiro atoms. The van der Waals surface area contributed by atoms with E-state index in [0.29, 0.717) is 19.3 Å². The van der Waals surface area contributed by atoms with E-state index in [2.05, 4.69) is 6.92 Å². The predicted octanol–water partition coefficient (Wildman–Crippen LogP) is 5.89. The van der Waals surface area contributed by atoms with Crippen molar-refractivity contribution in [2.75, 3.05) is 0 Å². The molecule has 4 nitrogen and oxygen atoms in total. The fourth-order valence-corrected chi connectivity index (χ4v) is 4.38. The Balaban J connectivity index is 3.58. The van der Waals surface area contributed by atoms with E-state index in [0.717, 1.165) is 19.3 Å². The quantitative estimate of drug-likeness (QED) is 0.230. The molecule has 2 atom stereocenters. The number of aliphatic hydroxyl groups excluding tert-OH is 1. The summed E-state index contributed by atoms with van der Waals surface area (Å²) >= 11 is 0. The zero-order chi connectivity index (χ0) is 19.0. The number of hydrogen-bond acceptors (Lipinski definition) is 3. The molecule has 0 aliphatic rings. The molecule has 2 unspecified atom stereocenters. The molecule has 0 aliphatic carbocycles. The molecular formula is C20H42O4S. The lowest BCUT2D eigenvalue weighted by Crippen LogP contribution is -2.33. The molecule has 25 heavy (non-hydrogen) atoms. The van der Waals surface area contributed by atoms with E-state index in [1.54, 1.807) is 0 Å². The minimum atomic E-state index is -4.15. The zero-order valence-corrected chi connectivity index (χ0v) is 17.4. The molecule has 0 aliphatic heterocycles. The van der Waals surface area contributed by atoms with Crippen molar-refractivity contribution in [1.82, 2.24) is 0 Å². The summed E-state index contributed by atoms with van der Waals surface area (Å²) in [5.41, 5.74) is 0.